The van der Waals surface area contributed by atoms with E-state index in [0.717, 1.165) is 19.6 Å². The molecule has 112 valence electrons. The molecule has 0 unspecified atom stereocenters. The zero-order chi connectivity index (χ0) is 14.1. The minimum Gasteiger partial charge on any atom is -0.354 e. The number of rotatable bonds is 6. The molecule has 1 heterocycles. The molecule has 1 saturated heterocycles. The fraction of sp³-hybridized carbons (Fsp3) is 0.917. The first-order valence-electron chi connectivity index (χ1n) is 6.74. The molecular weight excluding hydrogens is 259 g/mol. The van der Waals surface area contributed by atoms with Crippen LogP contribution in [0.4, 0.5) is 13.2 Å². The van der Waals surface area contributed by atoms with Crippen LogP contribution in [0, 0.1) is 0 Å². The fourth-order valence-electron chi connectivity index (χ4n) is 2.09. The van der Waals surface area contributed by atoms with E-state index in [1.807, 2.05) is 0 Å². The maximum atomic E-state index is 11.8. The minimum atomic E-state index is -4.27. The average molecular weight is 281 g/mol. The van der Waals surface area contributed by atoms with Crippen LogP contribution in [0.3, 0.4) is 0 Å². The van der Waals surface area contributed by atoms with Crippen molar-refractivity contribution in [1.29, 1.82) is 0 Å². The van der Waals surface area contributed by atoms with Gasteiger partial charge in [0.05, 0.1) is 13.1 Å². The maximum absolute atomic E-state index is 11.8. The zero-order valence-corrected chi connectivity index (χ0v) is 11.1. The SMILES string of the molecule is O=C(CNCC(F)(F)F)NCCN1CCCCCC1. The standard InChI is InChI=1S/C12H22F3N3O/c13-12(14,15)10-16-9-11(19)17-5-8-18-6-3-1-2-4-7-18/h16H,1-10H2,(H,17,19). The van der Waals surface area contributed by atoms with Crippen LogP contribution in [0.15, 0.2) is 0 Å². The highest BCUT2D eigenvalue weighted by Crippen LogP contribution is 2.11. The molecule has 0 aromatic rings. The molecular formula is C12H22F3N3O. The molecule has 19 heavy (non-hydrogen) atoms. The summed E-state index contributed by atoms with van der Waals surface area (Å²) >= 11 is 0. The van der Waals surface area contributed by atoms with Crippen molar-refractivity contribution in [3.63, 3.8) is 0 Å². The number of carbonyl (C=O) groups excluding carboxylic acids is 1. The predicted molar refractivity (Wildman–Crippen MR) is 66.8 cm³/mol. The lowest BCUT2D eigenvalue weighted by Crippen LogP contribution is -2.41. The van der Waals surface area contributed by atoms with Crippen molar-refractivity contribution in [1.82, 2.24) is 15.5 Å². The van der Waals surface area contributed by atoms with Crippen molar-refractivity contribution in [3.05, 3.63) is 0 Å². The van der Waals surface area contributed by atoms with Crippen LogP contribution < -0.4 is 10.6 Å². The summed E-state index contributed by atoms with van der Waals surface area (Å²) in [5.74, 6) is -0.390. The summed E-state index contributed by atoms with van der Waals surface area (Å²) in [7, 11) is 0. The number of likely N-dealkylation sites (tertiary alicyclic amines) is 1. The van der Waals surface area contributed by atoms with Crippen molar-refractivity contribution in [3.8, 4) is 0 Å². The Bertz CT molecular complexity index is 263. The molecule has 0 aromatic heterocycles. The molecule has 4 nitrogen and oxygen atoms in total. The van der Waals surface area contributed by atoms with E-state index in [4.69, 9.17) is 0 Å². The Kier molecular flexibility index (Phi) is 7.15. The van der Waals surface area contributed by atoms with Gasteiger partial charge in [-0.2, -0.15) is 13.2 Å². The Morgan fingerprint density at radius 3 is 2.32 bits per heavy atom. The van der Waals surface area contributed by atoms with E-state index >= 15 is 0 Å². The molecule has 1 rings (SSSR count). The Hall–Kier alpha value is -0.820. The molecule has 0 aliphatic carbocycles. The first kappa shape index (κ1) is 16.2. The van der Waals surface area contributed by atoms with Crippen molar-refractivity contribution >= 4 is 5.91 Å². The Morgan fingerprint density at radius 1 is 1.11 bits per heavy atom. The van der Waals surface area contributed by atoms with Crippen LogP contribution >= 0.6 is 0 Å². The van der Waals surface area contributed by atoms with Gasteiger partial charge in [0, 0.05) is 13.1 Å². The van der Waals surface area contributed by atoms with Gasteiger partial charge < -0.3 is 15.5 Å². The van der Waals surface area contributed by atoms with Gasteiger partial charge in [0.25, 0.3) is 0 Å². The number of carbonyl (C=O) groups is 1. The highest BCUT2D eigenvalue weighted by atomic mass is 19.4. The fourth-order valence-corrected chi connectivity index (χ4v) is 2.09. The third-order valence-electron chi connectivity index (χ3n) is 3.06. The molecule has 0 radical (unpaired) electrons. The molecule has 0 saturated carbocycles. The van der Waals surface area contributed by atoms with Crippen LogP contribution in [-0.2, 0) is 4.79 Å². The van der Waals surface area contributed by atoms with Crippen LogP contribution in [0.2, 0.25) is 0 Å². The van der Waals surface area contributed by atoms with Crippen LogP contribution in [-0.4, -0.2) is 56.3 Å². The summed E-state index contributed by atoms with van der Waals surface area (Å²) in [4.78, 5) is 13.6. The van der Waals surface area contributed by atoms with E-state index < -0.39 is 12.7 Å². The van der Waals surface area contributed by atoms with E-state index in [1.165, 1.54) is 25.7 Å². The number of nitrogens with zero attached hydrogens (tertiary/aromatic N) is 1. The molecule has 0 atom stereocenters. The molecule has 0 aromatic carbocycles. The number of hydrogen-bond acceptors (Lipinski definition) is 3. The highest BCUT2D eigenvalue weighted by molar-refractivity contribution is 5.77. The Morgan fingerprint density at radius 2 is 1.74 bits per heavy atom. The molecule has 7 heteroatoms. The van der Waals surface area contributed by atoms with Gasteiger partial charge in [0.2, 0.25) is 5.91 Å². The van der Waals surface area contributed by atoms with Gasteiger partial charge in [0.1, 0.15) is 0 Å². The van der Waals surface area contributed by atoms with Gasteiger partial charge in [-0.1, -0.05) is 12.8 Å². The lowest BCUT2D eigenvalue weighted by atomic mass is 10.2. The second kappa shape index (κ2) is 8.37. The van der Waals surface area contributed by atoms with E-state index in [1.54, 1.807) is 0 Å². The third-order valence-corrected chi connectivity index (χ3v) is 3.06. The summed E-state index contributed by atoms with van der Waals surface area (Å²) in [6, 6.07) is 0. The summed E-state index contributed by atoms with van der Waals surface area (Å²) in [5, 5.41) is 4.70. The largest absolute Gasteiger partial charge is 0.401 e. The monoisotopic (exact) mass is 281 g/mol. The van der Waals surface area contributed by atoms with Crippen molar-refractivity contribution in [2.75, 3.05) is 39.3 Å². The second-order valence-electron chi connectivity index (χ2n) is 4.82. The molecule has 1 fully saturated rings. The molecule has 0 spiro atoms. The third kappa shape index (κ3) is 8.83. The number of nitrogens with one attached hydrogen (secondary N) is 2. The smallest absolute Gasteiger partial charge is 0.354 e. The van der Waals surface area contributed by atoms with E-state index in [-0.39, 0.29) is 12.5 Å². The normalized spacial score (nSPS) is 18.1. The number of hydrogen-bond donors (Lipinski definition) is 2. The zero-order valence-electron chi connectivity index (χ0n) is 11.1. The van der Waals surface area contributed by atoms with Gasteiger partial charge in [-0.15, -0.1) is 0 Å². The number of halogens is 3. The molecule has 1 amide bonds. The topological polar surface area (TPSA) is 44.4 Å². The molecule has 1 aliphatic heterocycles. The van der Waals surface area contributed by atoms with Crippen LogP contribution in [0.5, 0.6) is 0 Å². The van der Waals surface area contributed by atoms with Gasteiger partial charge in [-0.25, -0.2) is 0 Å². The first-order chi connectivity index (χ1) is 8.97. The van der Waals surface area contributed by atoms with Crippen molar-refractivity contribution in [2.45, 2.75) is 31.9 Å². The van der Waals surface area contributed by atoms with Crippen LogP contribution in [0.25, 0.3) is 0 Å². The number of alkyl halides is 3. The van der Waals surface area contributed by atoms with Gasteiger partial charge in [0.15, 0.2) is 0 Å². The van der Waals surface area contributed by atoms with E-state index in [2.05, 4.69) is 15.5 Å². The minimum absolute atomic E-state index is 0.292. The highest BCUT2D eigenvalue weighted by Gasteiger charge is 2.26. The Balaban J connectivity index is 2.03. The maximum Gasteiger partial charge on any atom is 0.401 e. The molecule has 0 bridgehead atoms. The quantitative estimate of drug-likeness (QED) is 0.767. The second-order valence-corrected chi connectivity index (χ2v) is 4.82. The van der Waals surface area contributed by atoms with E-state index in [9.17, 15) is 18.0 Å². The lowest BCUT2D eigenvalue weighted by molar-refractivity contribution is -0.128. The lowest BCUT2D eigenvalue weighted by Gasteiger charge is -2.19. The van der Waals surface area contributed by atoms with Gasteiger partial charge in [-0.05, 0) is 25.9 Å². The van der Waals surface area contributed by atoms with E-state index in [0.29, 0.717) is 6.54 Å². The Labute approximate surface area is 111 Å². The summed E-state index contributed by atoms with van der Waals surface area (Å²) in [6.45, 7) is 1.92. The molecule has 2 N–H and O–H groups in total. The van der Waals surface area contributed by atoms with Gasteiger partial charge in [-0.3, -0.25) is 4.79 Å². The van der Waals surface area contributed by atoms with Crippen molar-refractivity contribution < 1.29 is 18.0 Å². The summed E-state index contributed by atoms with van der Waals surface area (Å²) < 4.78 is 35.5. The summed E-state index contributed by atoms with van der Waals surface area (Å²) in [6.07, 6.45) is 0.600. The number of amides is 1. The summed E-state index contributed by atoms with van der Waals surface area (Å²) in [5.41, 5.74) is 0. The average Bonchev–Trinajstić information content (AvgIpc) is 2.56. The van der Waals surface area contributed by atoms with Crippen molar-refractivity contribution in [2.24, 2.45) is 0 Å². The first-order valence-corrected chi connectivity index (χ1v) is 6.74. The predicted octanol–water partition coefficient (Wildman–Crippen LogP) is 1.13. The van der Waals surface area contributed by atoms with Crippen LogP contribution in [0.1, 0.15) is 25.7 Å². The van der Waals surface area contributed by atoms with Gasteiger partial charge >= 0.3 is 6.18 Å². The molecule has 1 aliphatic rings.